The molecule has 1 amide bonds. The number of carbonyl (C=O) groups excluding carboxylic acids is 1. The van der Waals surface area contributed by atoms with Crippen LogP contribution in [0.1, 0.15) is 35.3 Å². The van der Waals surface area contributed by atoms with Crippen LogP contribution in [-0.2, 0) is 4.74 Å². The monoisotopic (exact) mass is 408 g/mol. The minimum absolute atomic E-state index is 0.129. The number of likely N-dealkylation sites (tertiary alicyclic amines) is 1. The van der Waals surface area contributed by atoms with Crippen molar-refractivity contribution in [3.63, 3.8) is 0 Å². The summed E-state index contributed by atoms with van der Waals surface area (Å²) in [7, 11) is 0. The number of halogens is 3. The first-order valence-corrected chi connectivity index (χ1v) is 9.10. The average Bonchev–Trinajstić information content (AvgIpc) is 2.59. The van der Waals surface area contributed by atoms with Crippen LogP contribution in [0.15, 0.2) is 36.7 Å². The summed E-state index contributed by atoms with van der Waals surface area (Å²) in [6.07, 6.45) is -0.923. The largest absolute Gasteiger partial charge is 0.573 e. The molecule has 154 valence electrons. The molecular weight excluding hydrogens is 389 g/mol. The molecular formula is C19H19F3N4O3. The van der Waals surface area contributed by atoms with Crippen molar-refractivity contribution in [1.29, 1.82) is 0 Å². The van der Waals surface area contributed by atoms with E-state index in [0.717, 1.165) is 6.42 Å². The summed E-state index contributed by atoms with van der Waals surface area (Å²) in [5.41, 5.74) is 0.796. The molecule has 0 radical (unpaired) electrons. The van der Waals surface area contributed by atoms with Crippen LogP contribution in [0.25, 0.3) is 0 Å². The minimum atomic E-state index is -4.75. The number of aromatic nitrogens is 2. The lowest BCUT2D eigenvalue weighted by molar-refractivity contribution is -0.274. The number of rotatable bonds is 5. The number of benzene rings is 1. The molecule has 1 aromatic heterocycles. The van der Waals surface area contributed by atoms with Gasteiger partial charge >= 0.3 is 6.36 Å². The summed E-state index contributed by atoms with van der Waals surface area (Å²) < 4.78 is 46.3. The molecule has 10 heteroatoms. The van der Waals surface area contributed by atoms with E-state index >= 15 is 0 Å². The second-order valence-corrected chi connectivity index (χ2v) is 7.21. The van der Waals surface area contributed by atoms with Crippen LogP contribution in [0, 0.1) is 0 Å². The Balaban J connectivity index is 1.40. The van der Waals surface area contributed by atoms with Gasteiger partial charge in [-0.3, -0.25) is 4.79 Å². The van der Waals surface area contributed by atoms with E-state index in [0.29, 0.717) is 30.9 Å². The fourth-order valence-corrected chi connectivity index (χ4v) is 3.42. The Morgan fingerprint density at radius 1 is 1.31 bits per heavy atom. The van der Waals surface area contributed by atoms with Gasteiger partial charge in [-0.1, -0.05) is 12.1 Å². The average molecular weight is 408 g/mol. The normalized spacial score (nSPS) is 18.6. The van der Waals surface area contributed by atoms with Crippen molar-refractivity contribution in [3.05, 3.63) is 47.8 Å². The molecule has 3 heterocycles. The fourth-order valence-electron chi connectivity index (χ4n) is 3.42. The maximum Gasteiger partial charge on any atom is 0.573 e. The number of hydrogen-bond acceptors (Lipinski definition) is 6. The third-order valence-electron chi connectivity index (χ3n) is 5.20. The molecule has 1 spiro atoms. The van der Waals surface area contributed by atoms with Crippen molar-refractivity contribution in [2.45, 2.75) is 31.3 Å². The smallest absolute Gasteiger partial charge is 0.406 e. The fraction of sp³-hybridized carbons (Fsp3) is 0.421. The predicted molar refractivity (Wildman–Crippen MR) is 96.4 cm³/mol. The molecule has 2 aliphatic heterocycles. The van der Waals surface area contributed by atoms with Gasteiger partial charge < -0.3 is 19.7 Å². The zero-order valence-corrected chi connectivity index (χ0v) is 15.6. The number of alkyl halides is 3. The Kier molecular flexibility index (Phi) is 4.81. The van der Waals surface area contributed by atoms with E-state index < -0.39 is 6.36 Å². The zero-order chi connectivity index (χ0) is 20.6. The van der Waals surface area contributed by atoms with Crippen LogP contribution >= 0.6 is 0 Å². The Morgan fingerprint density at radius 3 is 2.59 bits per heavy atom. The van der Waals surface area contributed by atoms with Crippen molar-refractivity contribution < 1.29 is 27.4 Å². The van der Waals surface area contributed by atoms with Gasteiger partial charge in [-0.15, -0.1) is 13.2 Å². The van der Waals surface area contributed by atoms with Gasteiger partial charge in [-0.2, -0.15) is 0 Å². The number of nitrogens with zero attached hydrogens (tertiary/aromatic N) is 3. The lowest BCUT2D eigenvalue weighted by Crippen LogP contribution is -2.72. The molecule has 7 nitrogen and oxygen atoms in total. The SMILES string of the molecule is CC(Nc1ncc(C(=O)N2CCC23COC3)cn1)c1cccc(OC(F)(F)F)c1. The van der Waals surface area contributed by atoms with Crippen LogP contribution in [-0.4, -0.2) is 52.4 Å². The molecule has 1 unspecified atom stereocenters. The Labute approximate surface area is 164 Å². The molecule has 1 atom stereocenters. The first-order chi connectivity index (χ1) is 13.8. The van der Waals surface area contributed by atoms with Crippen LogP contribution < -0.4 is 10.1 Å². The first kappa shape index (κ1) is 19.4. The van der Waals surface area contributed by atoms with Crippen LogP contribution in [0.4, 0.5) is 19.1 Å². The standard InChI is InChI=1S/C19H19F3N4O3/c1-12(13-3-2-4-15(7-13)29-19(20,21)22)25-17-23-8-14(9-24-17)16(27)26-6-5-18(26)10-28-11-18/h2-4,7-9,12H,5-6,10-11H2,1H3,(H,23,24,25). The molecule has 0 aliphatic carbocycles. The number of carbonyl (C=O) groups is 1. The molecule has 2 saturated heterocycles. The molecule has 2 aliphatic rings. The second-order valence-electron chi connectivity index (χ2n) is 7.21. The zero-order valence-electron chi connectivity index (χ0n) is 15.6. The Hall–Kier alpha value is -2.88. The summed E-state index contributed by atoms with van der Waals surface area (Å²) >= 11 is 0. The lowest BCUT2D eigenvalue weighted by Gasteiger charge is -2.57. The molecule has 4 rings (SSSR count). The second kappa shape index (κ2) is 7.18. The van der Waals surface area contributed by atoms with Crippen LogP contribution in [0.5, 0.6) is 5.75 Å². The van der Waals surface area contributed by atoms with Gasteiger partial charge in [0.2, 0.25) is 5.95 Å². The summed E-state index contributed by atoms with van der Waals surface area (Å²) in [4.78, 5) is 22.7. The van der Waals surface area contributed by atoms with Crippen molar-refractivity contribution >= 4 is 11.9 Å². The van der Waals surface area contributed by atoms with Crippen LogP contribution in [0.2, 0.25) is 0 Å². The summed E-state index contributed by atoms with van der Waals surface area (Å²) in [6, 6.07) is 5.30. The van der Waals surface area contributed by atoms with Crippen LogP contribution in [0.3, 0.4) is 0 Å². The molecule has 0 bridgehead atoms. The van der Waals surface area contributed by atoms with Gasteiger partial charge in [0, 0.05) is 18.9 Å². The number of ether oxygens (including phenoxy) is 2. The molecule has 2 fully saturated rings. The number of anilines is 1. The van der Waals surface area contributed by atoms with Gasteiger partial charge in [-0.25, -0.2) is 9.97 Å². The van der Waals surface area contributed by atoms with E-state index in [-0.39, 0.29) is 29.2 Å². The summed E-state index contributed by atoms with van der Waals surface area (Å²) in [5, 5.41) is 3.01. The van der Waals surface area contributed by atoms with Crippen molar-refractivity contribution in [2.24, 2.45) is 0 Å². The third-order valence-corrected chi connectivity index (χ3v) is 5.20. The maximum atomic E-state index is 12.6. The number of hydrogen-bond donors (Lipinski definition) is 1. The van der Waals surface area contributed by atoms with E-state index in [2.05, 4.69) is 20.0 Å². The highest BCUT2D eigenvalue weighted by molar-refractivity contribution is 5.95. The predicted octanol–water partition coefficient (Wildman–Crippen LogP) is 3.16. The van der Waals surface area contributed by atoms with Gasteiger partial charge in [0.1, 0.15) is 5.75 Å². The van der Waals surface area contributed by atoms with E-state index in [1.165, 1.54) is 30.6 Å². The van der Waals surface area contributed by atoms with Gasteiger partial charge in [0.05, 0.1) is 30.4 Å². The van der Waals surface area contributed by atoms with Crippen molar-refractivity contribution in [2.75, 3.05) is 25.1 Å². The minimum Gasteiger partial charge on any atom is -0.406 e. The quantitative estimate of drug-likeness (QED) is 0.819. The first-order valence-electron chi connectivity index (χ1n) is 9.10. The van der Waals surface area contributed by atoms with E-state index in [9.17, 15) is 18.0 Å². The summed E-state index contributed by atoms with van der Waals surface area (Å²) in [5.74, 6) is -0.161. The van der Waals surface area contributed by atoms with Gasteiger partial charge in [0.15, 0.2) is 0 Å². The highest BCUT2D eigenvalue weighted by Crippen LogP contribution is 2.38. The van der Waals surface area contributed by atoms with Crippen molar-refractivity contribution in [3.8, 4) is 5.75 Å². The highest BCUT2D eigenvalue weighted by Gasteiger charge is 2.53. The van der Waals surface area contributed by atoms with E-state index in [1.54, 1.807) is 17.9 Å². The molecule has 1 aromatic carbocycles. The summed E-state index contributed by atoms with van der Waals surface area (Å²) in [6.45, 7) is 3.58. The Bertz CT molecular complexity index is 895. The topological polar surface area (TPSA) is 76.6 Å². The molecule has 0 saturated carbocycles. The maximum absolute atomic E-state index is 12.6. The number of nitrogens with one attached hydrogen (secondary N) is 1. The van der Waals surface area contributed by atoms with Crippen molar-refractivity contribution in [1.82, 2.24) is 14.9 Å². The number of amides is 1. The van der Waals surface area contributed by atoms with E-state index in [1.807, 2.05) is 0 Å². The molecule has 1 N–H and O–H groups in total. The third kappa shape index (κ3) is 3.98. The molecule has 29 heavy (non-hydrogen) atoms. The highest BCUT2D eigenvalue weighted by atomic mass is 19.4. The van der Waals surface area contributed by atoms with E-state index in [4.69, 9.17) is 4.74 Å². The Morgan fingerprint density at radius 2 is 2.03 bits per heavy atom. The van der Waals surface area contributed by atoms with Gasteiger partial charge in [0.25, 0.3) is 5.91 Å². The lowest BCUT2D eigenvalue weighted by atomic mass is 9.82. The van der Waals surface area contributed by atoms with Gasteiger partial charge in [-0.05, 0) is 31.0 Å². The molecule has 2 aromatic rings.